The Morgan fingerprint density at radius 3 is 2.28 bits per heavy atom. The number of para-hydroxylation sites is 1. The van der Waals surface area contributed by atoms with Crippen molar-refractivity contribution in [1.82, 2.24) is 0 Å². The van der Waals surface area contributed by atoms with E-state index in [-0.39, 0.29) is 0 Å². The Morgan fingerprint density at radius 1 is 0.724 bits per heavy atom. The lowest BCUT2D eigenvalue weighted by Gasteiger charge is -2.08. The van der Waals surface area contributed by atoms with Gasteiger partial charge in [-0.2, -0.15) is 0 Å². The minimum Gasteiger partial charge on any atom is -0.497 e. The minimum absolute atomic E-state index is 0.770. The molecular formula is C26H19NO2. The van der Waals surface area contributed by atoms with E-state index < -0.39 is 0 Å². The standard InChI is InChI=1S/C26H19NO2/c1-28-21-14-11-19(12-15-21)25-17-24(27-20-8-3-2-4-9-20)23-16-13-18-7-5-6-10-22(18)26(23)29-25/h2-17H,1H3. The van der Waals surface area contributed by atoms with Gasteiger partial charge in [-0.25, -0.2) is 4.99 Å². The summed E-state index contributed by atoms with van der Waals surface area (Å²) < 4.78 is 11.7. The highest BCUT2D eigenvalue weighted by molar-refractivity contribution is 6.04. The van der Waals surface area contributed by atoms with E-state index in [1.807, 2.05) is 72.8 Å². The lowest BCUT2D eigenvalue weighted by Crippen LogP contribution is -2.03. The molecule has 5 aromatic rings. The number of fused-ring (bicyclic) bond motifs is 3. The van der Waals surface area contributed by atoms with E-state index in [2.05, 4.69) is 24.3 Å². The Balaban J connectivity index is 1.84. The number of benzene rings is 4. The second-order valence-corrected chi connectivity index (χ2v) is 6.84. The number of hydrogen-bond donors (Lipinski definition) is 0. The molecule has 0 saturated heterocycles. The van der Waals surface area contributed by atoms with Gasteiger partial charge in [0, 0.05) is 22.4 Å². The summed E-state index contributed by atoms with van der Waals surface area (Å²) in [5.74, 6) is 1.58. The maximum atomic E-state index is 6.41. The first-order valence-electron chi connectivity index (χ1n) is 9.52. The minimum atomic E-state index is 0.770. The van der Waals surface area contributed by atoms with Crippen LogP contribution < -0.4 is 10.1 Å². The summed E-state index contributed by atoms with van der Waals surface area (Å²) >= 11 is 0. The normalized spacial score (nSPS) is 11.8. The van der Waals surface area contributed by atoms with Crippen molar-refractivity contribution in [2.24, 2.45) is 4.99 Å². The smallest absolute Gasteiger partial charge is 0.144 e. The monoisotopic (exact) mass is 377 g/mol. The van der Waals surface area contributed by atoms with Crippen molar-refractivity contribution in [3.8, 4) is 17.1 Å². The number of nitrogens with zero attached hydrogens (tertiary/aromatic N) is 1. The quantitative estimate of drug-likeness (QED) is 0.337. The molecule has 0 aliphatic heterocycles. The van der Waals surface area contributed by atoms with Crippen LogP contribution in [0.1, 0.15) is 0 Å². The van der Waals surface area contributed by atoms with Crippen LogP contribution in [0.2, 0.25) is 0 Å². The molecule has 3 heteroatoms. The SMILES string of the molecule is COc1ccc(-c2cc(=Nc3ccccc3)c3ccc4ccccc4c3o2)cc1. The van der Waals surface area contributed by atoms with Crippen LogP contribution in [-0.2, 0) is 0 Å². The van der Waals surface area contributed by atoms with Gasteiger partial charge in [0.2, 0.25) is 0 Å². The Kier molecular flexibility index (Phi) is 4.34. The zero-order valence-corrected chi connectivity index (χ0v) is 16.0. The van der Waals surface area contributed by atoms with Gasteiger partial charge in [-0.1, -0.05) is 48.5 Å². The number of ether oxygens (including phenoxy) is 1. The average molecular weight is 377 g/mol. The molecule has 0 spiro atoms. The van der Waals surface area contributed by atoms with E-state index in [1.54, 1.807) is 7.11 Å². The van der Waals surface area contributed by atoms with Crippen LogP contribution in [0.5, 0.6) is 5.75 Å². The van der Waals surface area contributed by atoms with Gasteiger partial charge in [-0.05, 0) is 47.9 Å². The van der Waals surface area contributed by atoms with Crippen LogP contribution in [0.3, 0.4) is 0 Å². The summed E-state index contributed by atoms with van der Waals surface area (Å²) in [5.41, 5.74) is 2.73. The maximum absolute atomic E-state index is 6.41. The largest absolute Gasteiger partial charge is 0.497 e. The summed E-state index contributed by atoms with van der Waals surface area (Å²) in [4.78, 5) is 4.91. The van der Waals surface area contributed by atoms with Crippen molar-refractivity contribution in [3.05, 3.63) is 102 Å². The Labute approximate surface area is 168 Å². The molecule has 0 radical (unpaired) electrons. The van der Waals surface area contributed by atoms with Crippen LogP contribution >= 0.6 is 0 Å². The molecule has 0 fully saturated rings. The average Bonchev–Trinajstić information content (AvgIpc) is 2.79. The molecule has 0 aliphatic carbocycles. The van der Waals surface area contributed by atoms with Crippen molar-refractivity contribution < 1.29 is 9.15 Å². The van der Waals surface area contributed by atoms with Gasteiger partial charge in [0.05, 0.1) is 18.2 Å². The van der Waals surface area contributed by atoms with Gasteiger partial charge in [0.25, 0.3) is 0 Å². The summed E-state index contributed by atoms with van der Waals surface area (Å²) in [6.07, 6.45) is 0. The molecule has 1 heterocycles. The molecule has 0 N–H and O–H groups in total. The van der Waals surface area contributed by atoms with Crippen LogP contribution in [0, 0.1) is 0 Å². The van der Waals surface area contributed by atoms with Crippen LogP contribution in [0.15, 0.2) is 106 Å². The van der Waals surface area contributed by atoms with Crippen LogP contribution in [-0.4, -0.2) is 7.11 Å². The van der Waals surface area contributed by atoms with Gasteiger partial charge in [0.1, 0.15) is 17.1 Å². The first kappa shape index (κ1) is 17.3. The third-order valence-electron chi connectivity index (χ3n) is 5.02. The predicted molar refractivity (Wildman–Crippen MR) is 117 cm³/mol. The fraction of sp³-hybridized carbons (Fsp3) is 0.0385. The fourth-order valence-corrected chi connectivity index (χ4v) is 3.53. The first-order chi connectivity index (χ1) is 14.3. The van der Waals surface area contributed by atoms with E-state index in [9.17, 15) is 0 Å². The van der Waals surface area contributed by atoms with Gasteiger partial charge in [-0.3, -0.25) is 0 Å². The van der Waals surface area contributed by atoms with Crippen molar-refractivity contribution >= 4 is 27.4 Å². The van der Waals surface area contributed by atoms with Gasteiger partial charge in [0.15, 0.2) is 0 Å². The molecule has 5 rings (SSSR count). The maximum Gasteiger partial charge on any atom is 0.144 e. The van der Waals surface area contributed by atoms with Gasteiger partial charge >= 0.3 is 0 Å². The second-order valence-electron chi connectivity index (χ2n) is 6.84. The number of hydrogen-bond acceptors (Lipinski definition) is 3. The Hall–Kier alpha value is -3.85. The molecule has 0 atom stereocenters. The highest BCUT2D eigenvalue weighted by Crippen LogP contribution is 2.29. The van der Waals surface area contributed by atoms with Crippen molar-refractivity contribution in [2.45, 2.75) is 0 Å². The molecule has 0 aliphatic rings. The van der Waals surface area contributed by atoms with Crippen molar-refractivity contribution in [3.63, 3.8) is 0 Å². The van der Waals surface area contributed by atoms with E-state index in [0.717, 1.165) is 49.9 Å². The van der Waals surface area contributed by atoms with Gasteiger partial charge in [-0.15, -0.1) is 0 Å². The second kappa shape index (κ2) is 7.28. The molecular weight excluding hydrogens is 358 g/mol. The summed E-state index contributed by atoms with van der Waals surface area (Å²) in [5, 5.41) is 4.09. The van der Waals surface area contributed by atoms with Gasteiger partial charge < -0.3 is 9.15 Å². The molecule has 0 amide bonds. The van der Waals surface area contributed by atoms with E-state index in [0.29, 0.717) is 0 Å². The number of methoxy groups -OCH3 is 1. The number of rotatable bonds is 3. The third-order valence-corrected chi connectivity index (χ3v) is 5.02. The molecule has 29 heavy (non-hydrogen) atoms. The molecule has 4 aromatic carbocycles. The molecule has 0 unspecified atom stereocenters. The molecule has 140 valence electrons. The van der Waals surface area contributed by atoms with Crippen LogP contribution in [0.25, 0.3) is 33.1 Å². The van der Waals surface area contributed by atoms with Crippen LogP contribution in [0.4, 0.5) is 5.69 Å². The van der Waals surface area contributed by atoms with Crippen molar-refractivity contribution in [1.29, 1.82) is 0 Å². The summed E-state index contributed by atoms with van der Waals surface area (Å²) in [6, 6.07) is 32.3. The van der Waals surface area contributed by atoms with E-state index in [4.69, 9.17) is 14.1 Å². The highest BCUT2D eigenvalue weighted by Gasteiger charge is 2.09. The highest BCUT2D eigenvalue weighted by atomic mass is 16.5. The summed E-state index contributed by atoms with van der Waals surface area (Å²) in [7, 11) is 1.67. The first-order valence-corrected chi connectivity index (χ1v) is 9.52. The fourth-order valence-electron chi connectivity index (χ4n) is 3.53. The zero-order chi connectivity index (χ0) is 19.6. The Morgan fingerprint density at radius 2 is 1.48 bits per heavy atom. The topological polar surface area (TPSA) is 34.7 Å². The predicted octanol–water partition coefficient (Wildman–Crippen LogP) is 6.49. The third kappa shape index (κ3) is 3.27. The lowest BCUT2D eigenvalue weighted by molar-refractivity contribution is 0.415. The summed E-state index contributed by atoms with van der Waals surface area (Å²) in [6.45, 7) is 0. The van der Waals surface area contributed by atoms with E-state index in [1.165, 1.54) is 0 Å². The molecule has 1 aromatic heterocycles. The molecule has 0 bridgehead atoms. The van der Waals surface area contributed by atoms with Crippen molar-refractivity contribution in [2.75, 3.05) is 7.11 Å². The zero-order valence-electron chi connectivity index (χ0n) is 16.0. The molecule has 0 saturated carbocycles. The Bertz CT molecular complexity index is 1370. The lowest BCUT2D eigenvalue weighted by atomic mass is 10.1. The van der Waals surface area contributed by atoms with E-state index >= 15 is 0 Å². The molecule has 3 nitrogen and oxygen atoms in total.